The summed E-state index contributed by atoms with van der Waals surface area (Å²) < 4.78 is 10.5. The van der Waals surface area contributed by atoms with Gasteiger partial charge in [-0.25, -0.2) is 0 Å². The quantitative estimate of drug-likeness (QED) is 0.699. The second kappa shape index (κ2) is 8.01. The summed E-state index contributed by atoms with van der Waals surface area (Å²) in [5.74, 6) is 1.29. The Hall–Kier alpha value is -2.86. The summed E-state index contributed by atoms with van der Waals surface area (Å²) >= 11 is 5.96. The molecule has 7 heteroatoms. The van der Waals surface area contributed by atoms with Gasteiger partial charge in [-0.2, -0.15) is 4.98 Å². The van der Waals surface area contributed by atoms with Gasteiger partial charge < -0.3 is 14.6 Å². The molecule has 0 aliphatic carbocycles. The van der Waals surface area contributed by atoms with E-state index in [4.69, 9.17) is 20.9 Å². The van der Waals surface area contributed by atoms with Crippen molar-refractivity contribution in [3.05, 3.63) is 58.9 Å². The van der Waals surface area contributed by atoms with E-state index in [2.05, 4.69) is 15.5 Å². The van der Waals surface area contributed by atoms with Gasteiger partial charge in [-0.3, -0.25) is 4.79 Å². The van der Waals surface area contributed by atoms with Crippen LogP contribution < -0.4 is 10.1 Å². The number of amides is 1. The van der Waals surface area contributed by atoms with Gasteiger partial charge in [-0.15, -0.1) is 0 Å². The average Bonchev–Trinajstić information content (AvgIpc) is 3.09. The van der Waals surface area contributed by atoms with Gasteiger partial charge in [0.05, 0.1) is 12.8 Å². The molecule has 1 heterocycles. The normalized spacial score (nSPS) is 10.6. The van der Waals surface area contributed by atoms with Gasteiger partial charge in [0, 0.05) is 23.4 Å². The van der Waals surface area contributed by atoms with E-state index in [-0.39, 0.29) is 12.3 Å². The summed E-state index contributed by atoms with van der Waals surface area (Å²) in [6, 6.07) is 12.8. The number of nitrogens with one attached hydrogen (secondary N) is 1. The maximum absolute atomic E-state index is 12.2. The Labute approximate surface area is 156 Å². The molecule has 0 fully saturated rings. The van der Waals surface area contributed by atoms with Crippen LogP contribution in [0.15, 0.2) is 47.0 Å². The van der Waals surface area contributed by atoms with Gasteiger partial charge in [-0.1, -0.05) is 41.0 Å². The molecule has 3 aromatic rings. The lowest BCUT2D eigenvalue weighted by atomic mass is 10.1. The van der Waals surface area contributed by atoms with Gasteiger partial charge >= 0.3 is 0 Å². The number of ether oxygens (including phenoxy) is 1. The Morgan fingerprint density at radius 3 is 2.85 bits per heavy atom. The monoisotopic (exact) mass is 371 g/mol. The number of halogens is 1. The van der Waals surface area contributed by atoms with Crippen molar-refractivity contribution in [3.8, 4) is 17.1 Å². The standard InChI is InChI=1S/C19H18ClN3O3/c1-12-5-3-4-6-14(12)19-22-18(26-23-19)10-9-17(24)21-15-11-13(20)7-8-16(15)25-2/h3-8,11H,9-10H2,1-2H3,(H,21,24). The number of nitrogens with zero attached hydrogens (tertiary/aromatic N) is 2. The molecular weight excluding hydrogens is 354 g/mol. The van der Waals surface area contributed by atoms with Crippen molar-refractivity contribution in [2.75, 3.05) is 12.4 Å². The molecule has 0 radical (unpaired) electrons. The molecule has 6 nitrogen and oxygen atoms in total. The van der Waals surface area contributed by atoms with Crippen LogP contribution in [0.25, 0.3) is 11.4 Å². The molecule has 1 N–H and O–H groups in total. The number of carbonyl (C=O) groups excluding carboxylic acids is 1. The molecule has 1 aromatic heterocycles. The van der Waals surface area contributed by atoms with Crippen LogP contribution in [0.3, 0.4) is 0 Å². The van der Waals surface area contributed by atoms with Crippen LogP contribution in [-0.2, 0) is 11.2 Å². The van der Waals surface area contributed by atoms with E-state index < -0.39 is 0 Å². The van der Waals surface area contributed by atoms with Crippen molar-refractivity contribution in [1.82, 2.24) is 10.1 Å². The molecule has 3 rings (SSSR count). The van der Waals surface area contributed by atoms with Gasteiger partial charge in [0.2, 0.25) is 17.6 Å². The lowest BCUT2D eigenvalue weighted by Crippen LogP contribution is -2.13. The Morgan fingerprint density at radius 1 is 1.27 bits per heavy atom. The van der Waals surface area contributed by atoms with E-state index in [9.17, 15) is 4.79 Å². The van der Waals surface area contributed by atoms with E-state index >= 15 is 0 Å². The highest BCUT2D eigenvalue weighted by atomic mass is 35.5. The van der Waals surface area contributed by atoms with Crippen molar-refractivity contribution >= 4 is 23.2 Å². The number of anilines is 1. The zero-order valence-corrected chi connectivity index (χ0v) is 15.2. The van der Waals surface area contributed by atoms with Crippen LogP contribution in [0.5, 0.6) is 5.75 Å². The van der Waals surface area contributed by atoms with Crippen LogP contribution in [0.4, 0.5) is 5.69 Å². The topological polar surface area (TPSA) is 77.2 Å². The highest BCUT2D eigenvalue weighted by Gasteiger charge is 2.13. The summed E-state index contributed by atoms with van der Waals surface area (Å²) in [6.07, 6.45) is 0.540. The second-order valence-electron chi connectivity index (χ2n) is 5.72. The summed E-state index contributed by atoms with van der Waals surface area (Å²) in [5, 5.41) is 7.29. The first-order valence-corrected chi connectivity index (χ1v) is 8.46. The zero-order chi connectivity index (χ0) is 18.5. The molecule has 0 unspecified atom stereocenters. The Morgan fingerprint density at radius 2 is 2.08 bits per heavy atom. The molecule has 0 aliphatic heterocycles. The zero-order valence-electron chi connectivity index (χ0n) is 14.5. The third-order valence-electron chi connectivity index (χ3n) is 3.86. The van der Waals surface area contributed by atoms with Crippen molar-refractivity contribution in [2.45, 2.75) is 19.8 Å². The van der Waals surface area contributed by atoms with E-state index in [0.29, 0.717) is 34.6 Å². The molecular formula is C19H18ClN3O3. The highest BCUT2D eigenvalue weighted by Crippen LogP contribution is 2.28. The van der Waals surface area contributed by atoms with E-state index in [1.807, 2.05) is 31.2 Å². The van der Waals surface area contributed by atoms with Gasteiger partial charge in [0.25, 0.3) is 0 Å². The minimum atomic E-state index is -0.193. The average molecular weight is 372 g/mol. The molecule has 0 spiro atoms. The first kappa shape index (κ1) is 17.9. The minimum Gasteiger partial charge on any atom is -0.495 e. The number of aryl methyl sites for hydroxylation is 2. The van der Waals surface area contributed by atoms with E-state index in [0.717, 1.165) is 11.1 Å². The van der Waals surface area contributed by atoms with Gasteiger partial charge in [0.15, 0.2) is 0 Å². The lowest BCUT2D eigenvalue weighted by molar-refractivity contribution is -0.116. The number of aromatic nitrogens is 2. The minimum absolute atomic E-state index is 0.193. The van der Waals surface area contributed by atoms with Crippen LogP contribution in [-0.4, -0.2) is 23.2 Å². The highest BCUT2D eigenvalue weighted by molar-refractivity contribution is 6.31. The number of rotatable bonds is 6. The summed E-state index contributed by atoms with van der Waals surface area (Å²) in [6.45, 7) is 1.98. The van der Waals surface area contributed by atoms with Crippen LogP contribution >= 0.6 is 11.6 Å². The lowest BCUT2D eigenvalue weighted by Gasteiger charge is -2.10. The molecule has 0 atom stereocenters. The Bertz CT molecular complexity index is 924. The molecule has 26 heavy (non-hydrogen) atoms. The maximum atomic E-state index is 12.2. The number of methoxy groups -OCH3 is 1. The molecule has 2 aromatic carbocycles. The number of hydrogen-bond donors (Lipinski definition) is 1. The fourth-order valence-corrected chi connectivity index (χ4v) is 2.67. The third-order valence-corrected chi connectivity index (χ3v) is 4.09. The molecule has 134 valence electrons. The van der Waals surface area contributed by atoms with E-state index in [1.54, 1.807) is 18.2 Å². The summed E-state index contributed by atoms with van der Waals surface area (Å²) in [4.78, 5) is 16.6. The Kier molecular flexibility index (Phi) is 5.53. The van der Waals surface area contributed by atoms with Crippen molar-refractivity contribution in [1.29, 1.82) is 0 Å². The van der Waals surface area contributed by atoms with Crippen LogP contribution in [0, 0.1) is 6.92 Å². The van der Waals surface area contributed by atoms with Crippen LogP contribution in [0.1, 0.15) is 17.9 Å². The smallest absolute Gasteiger partial charge is 0.227 e. The van der Waals surface area contributed by atoms with Gasteiger partial charge in [-0.05, 0) is 30.7 Å². The van der Waals surface area contributed by atoms with Crippen molar-refractivity contribution in [3.63, 3.8) is 0 Å². The first-order chi connectivity index (χ1) is 12.6. The van der Waals surface area contributed by atoms with E-state index in [1.165, 1.54) is 7.11 Å². The molecule has 0 aliphatic rings. The van der Waals surface area contributed by atoms with Crippen molar-refractivity contribution < 1.29 is 14.1 Å². The SMILES string of the molecule is COc1ccc(Cl)cc1NC(=O)CCc1nc(-c2ccccc2C)no1. The fourth-order valence-electron chi connectivity index (χ4n) is 2.50. The number of carbonyl (C=O) groups is 1. The second-order valence-corrected chi connectivity index (χ2v) is 6.16. The van der Waals surface area contributed by atoms with Crippen molar-refractivity contribution in [2.24, 2.45) is 0 Å². The predicted octanol–water partition coefficient (Wildman–Crippen LogP) is 4.28. The largest absolute Gasteiger partial charge is 0.495 e. The molecule has 0 bridgehead atoms. The summed E-state index contributed by atoms with van der Waals surface area (Å²) in [5.41, 5.74) is 2.50. The Balaban J connectivity index is 1.62. The third kappa shape index (κ3) is 4.21. The summed E-state index contributed by atoms with van der Waals surface area (Å²) in [7, 11) is 1.53. The van der Waals surface area contributed by atoms with Gasteiger partial charge in [0.1, 0.15) is 5.75 Å². The maximum Gasteiger partial charge on any atom is 0.227 e. The molecule has 1 amide bonds. The molecule has 0 saturated carbocycles. The van der Waals surface area contributed by atoms with Crippen LogP contribution in [0.2, 0.25) is 5.02 Å². The number of benzene rings is 2. The molecule has 0 saturated heterocycles. The fraction of sp³-hybridized carbons (Fsp3) is 0.211. The predicted molar refractivity (Wildman–Crippen MR) is 99.4 cm³/mol. The number of hydrogen-bond acceptors (Lipinski definition) is 5. The first-order valence-electron chi connectivity index (χ1n) is 8.09.